The van der Waals surface area contributed by atoms with E-state index in [0.717, 1.165) is 19.3 Å². The smallest absolute Gasteiger partial charge is 0.255 e. The van der Waals surface area contributed by atoms with Crippen molar-refractivity contribution in [2.45, 2.75) is 31.1 Å². The zero-order valence-electron chi connectivity index (χ0n) is 12.3. The van der Waals surface area contributed by atoms with Crippen molar-refractivity contribution in [2.24, 2.45) is 5.73 Å². The number of ether oxygens (including phenoxy) is 1. The second-order valence-electron chi connectivity index (χ2n) is 5.27. The lowest BCUT2D eigenvalue weighted by Crippen LogP contribution is -2.35. The maximum atomic E-state index is 12.7. The average molecular weight is 347 g/mol. The molecule has 1 aliphatic heterocycles. The van der Waals surface area contributed by atoms with E-state index in [1.807, 2.05) is 0 Å². The first-order valence-corrected chi connectivity index (χ1v) is 8.85. The Bertz CT molecular complexity index is 670. The first-order chi connectivity index (χ1) is 10.3. The van der Waals surface area contributed by atoms with Crippen LogP contribution < -0.4 is 10.5 Å². The van der Waals surface area contributed by atoms with Crippen LogP contribution in [0, 0.1) is 6.92 Å². The first-order valence-electron chi connectivity index (χ1n) is 7.04. The zero-order chi connectivity index (χ0) is 16.3. The number of amides is 1. The molecule has 1 aromatic rings. The Kier molecular flexibility index (Phi) is 5.31. The molecule has 2 N–H and O–H groups in total. The van der Waals surface area contributed by atoms with E-state index in [1.165, 1.54) is 16.4 Å². The number of hydrogen-bond acceptors (Lipinski definition) is 4. The van der Waals surface area contributed by atoms with E-state index in [2.05, 4.69) is 0 Å². The number of nitrogens with two attached hydrogens (primary N) is 1. The van der Waals surface area contributed by atoms with Crippen LogP contribution in [0.4, 0.5) is 0 Å². The van der Waals surface area contributed by atoms with Crippen LogP contribution in [0.2, 0.25) is 5.02 Å². The highest BCUT2D eigenvalue weighted by Gasteiger charge is 2.29. The van der Waals surface area contributed by atoms with Gasteiger partial charge in [0.15, 0.2) is 6.61 Å². The van der Waals surface area contributed by atoms with Crippen LogP contribution in [0.5, 0.6) is 5.75 Å². The third-order valence-electron chi connectivity index (χ3n) is 3.53. The SMILES string of the molecule is Cc1cc(Cl)c(S(=O)(=O)N2CCCCC2)cc1OCC(N)=O. The van der Waals surface area contributed by atoms with Gasteiger partial charge in [0.25, 0.3) is 5.91 Å². The fourth-order valence-electron chi connectivity index (χ4n) is 2.38. The van der Waals surface area contributed by atoms with Gasteiger partial charge in [0, 0.05) is 19.2 Å². The molecule has 1 saturated heterocycles. The fraction of sp³-hybridized carbons (Fsp3) is 0.500. The normalized spacial score (nSPS) is 16.5. The maximum Gasteiger partial charge on any atom is 0.255 e. The molecule has 0 saturated carbocycles. The number of sulfonamides is 1. The van der Waals surface area contributed by atoms with Crippen molar-refractivity contribution in [3.05, 3.63) is 22.7 Å². The number of nitrogens with zero attached hydrogens (tertiary/aromatic N) is 1. The summed E-state index contributed by atoms with van der Waals surface area (Å²) in [5, 5.41) is 0.148. The Morgan fingerprint density at radius 2 is 1.95 bits per heavy atom. The van der Waals surface area contributed by atoms with Crippen molar-refractivity contribution in [3.8, 4) is 5.75 Å². The summed E-state index contributed by atoms with van der Waals surface area (Å²) in [6.45, 7) is 2.39. The predicted molar refractivity (Wildman–Crippen MR) is 83.5 cm³/mol. The van der Waals surface area contributed by atoms with Crippen LogP contribution in [0.1, 0.15) is 24.8 Å². The molecule has 1 amide bonds. The molecule has 0 aromatic heterocycles. The van der Waals surface area contributed by atoms with Gasteiger partial charge in [-0.1, -0.05) is 18.0 Å². The molecule has 0 atom stereocenters. The van der Waals surface area contributed by atoms with Gasteiger partial charge in [-0.2, -0.15) is 4.31 Å². The van der Waals surface area contributed by atoms with E-state index in [9.17, 15) is 13.2 Å². The lowest BCUT2D eigenvalue weighted by Gasteiger charge is -2.26. The lowest BCUT2D eigenvalue weighted by atomic mass is 10.2. The summed E-state index contributed by atoms with van der Waals surface area (Å²) in [7, 11) is -3.67. The molecular formula is C14H19ClN2O4S. The molecule has 22 heavy (non-hydrogen) atoms. The van der Waals surface area contributed by atoms with E-state index >= 15 is 0 Å². The average Bonchev–Trinajstić information content (AvgIpc) is 2.46. The van der Waals surface area contributed by atoms with Gasteiger partial charge >= 0.3 is 0 Å². The van der Waals surface area contributed by atoms with Crippen molar-refractivity contribution >= 4 is 27.5 Å². The number of carbonyl (C=O) groups excluding carboxylic acids is 1. The molecular weight excluding hydrogens is 328 g/mol. The highest BCUT2D eigenvalue weighted by molar-refractivity contribution is 7.89. The second-order valence-corrected chi connectivity index (χ2v) is 7.58. The highest BCUT2D eigenvalue weighted by atomic mass is 35.5. The zero-order valence-corrected chi connectivity index (χ0v) is 13.9. The van der Waals surface area contributed by atoms with Crippen LogP contribution in [0.15, 0.2) is 17.0 Å². The minimum atomic E-state index is -3.67. The Balaban J connectivity index is 2.36. The number of aryl methyl sites for hydroxylation is 1. The van der Waals surface area contributed by atoms with E-state index in [-0.39, 0.29) is 16.5 Å². The molecule has 8 heteroatoms. The first kappa shape index (κ1) is 17.1. The van der Waals surface area contributed by atoms with Crippen LogP contribution >= 0.6 is 11.6 Å². The number of piperidine rings is 1. The Morgan fingerprint density at radius 1 is 1.32 bits per heavy atom. The number of rotatable bonds is 5. The van der Waals surface area contributed by atoms with Crippen molar-refractivity contribution < 1.29 is 17.9 Å². The van der Waals surface area contributed by atoms with Gasteiger partial charge in [-0.3, -0.25) is 4.79 Å². The van der Waals surface area contributed by atoms with Gasteiger partial charge in [0.1, 0.15) is 10.6 Å². The molecule has 0 radical (unpaired) electrons. The van der Waals surface area contributed by atoms with E-state index in [4.69, 9.17) is 22.1 Å². The van der Waals surface area contributed by atoms with Crippen LogP contribution in [-0.4, -0.2) is 38.3 Å². The number of benzene rings is 1. The molecule has 1 heterocycles. The third kappa shape index (κ3) is 3.71. The van der Waals surface area contributed by atoms with Gasteiger partial charge in [-0.05, 0) is 31.4 Å². The number of carbonyl (C=O) groups is 1. The molecule has 122 valence electrons. The molecule has 1 aliphatic rings. The van der Waals surface area contributed by atoms with Gasteiger partial charge in [-0.15, -0.1) is 0 Å². The summed E-state index contributed by atoms with van der Waals surface area (Å²) < 4.78 is 32.1. The summed E-state index contributed by atoms with van der Waals surface area (Å²) >= 11 is 6.11. The van der Waals surface area contributed by atoms with Gasteiger partial charge in [0.2, 0.25) is 10.0 Å². The van der Waals surface area contributed by atoms with Gasteiger partial charge in [-0.25, -0.2) is 8.42 Å². The number of hydrogen-bond donors (Lipinski definition) is 1. The predicted octanol–water partition coefficient (Wildman–Crippen LogP) is 1.69. The molecule has 0 aliphatic carbocycles. The molecule has 2 rings (SSSR count). The standard InChI is InChI=1S/C14H19ClN2O4S/c1-10-7-11(15)13(8-12(10)21-9-14(16)18)22(19,20)17-5-3-2-4-6-17/h7-8H,2-6,9H2,1H3,(H2,16,18). The van der Waals surface area contributed by atoms with Crippen LogP contribution in [0.3, 0.4) is 0 Å². The summed E-state index contributed by atoms with van der Waals surface area (Å²) in [5.74, 6) is -0.339. The van der Waals surface area contributed by atoms with Crippen molar-refractivity contribution in [1.82, 2.24) is 4.31 Å². The quantitative estimate of drug-likeness (QED) is 0.878. The Labute approximate surface area is 135 Å². The molecule has 6 nitrogen and oxygen atoms in total. The molecule has 1 aromatic carbocycles. The minimum Gasteiger partial charge on any atom is -0.483 e. The largest absolute Gasteiger partial charge is 0.483 e. The topological polar surface area (TPSA) is 89.7 Å². The molecule has 0 spiro atoms. The van der Waals surface area contributed by atoms with Crippen LogP contribution in [0.25, 0.3) is 0 Å². The van der Waals surface area contributed by atoms with Crippen molar-refractivity contribution in [2.75, 3.05) is 19.7 Å². The summed E-state index contributed by atoms with van der Waals surface area (Å²) in [5.41, 5.74) is 5.69. The van der Waals surface area contributed by atoms with E-state index < -0.39 is 15.9 Å². The highest BCUT2D eigenvalue weighted by Crippen LogP contribution is 2.32. The maximum absolute atomic E-state index is 12.7. The summed E-state index contributed by atoms with van der Waals surface area (Å²) in [6.07, 6.45) is 2.71. The van der Waals surface area contributed by atoms with Crippen molar-refractivity contribution in [1.29, 1.82) is 0 Å². The van der Waals surface area contributed by atoms with Gasteiger partial charge in [0.05, 0.1) is 5.02 Å². The minimum absolute atomic E-state index is 0.00105. The van der Waals surface area contributed by atoms with Gasteiger partial charge < -0.3 is 10.5 Å². The summed E-state index contributed by atoms with van der Waals surface area (Å²) in [6, 6.07) is 2.89. The lowest BCUT2D eigenvalue weighted by molar-refractivity contribution is -0.119. The molecule has 0 bridgehead atoms. The van der Waals surface area contributed by atoms with E-state index in [1.54, 1.807) is 6.92 Å². The number of primary amides is 1. The van der Waals surface area contributed by atoms with Crippen LogP contribution in [-0.2, 0) is 14.8 Å². The molecule has 0 unspecified atom stereocenters. The molecule has 1 fully saturated rings. The third-order valence-corrected chi connectivity index (χ3v) is 5.90. The Morgan fingerprint density at radius 3 is 2.55 bits per heavy atom. The Hall–Kier alpha value is -1.31. The van der Waals surface area contributed by atoms with Crippen molar-refractivity contribution in [3.63, 3.8) is 0 Å². The number of halogens is 1. The second kappa shape index (κ2) is 6.85. The monoisotopic (exact) mass is 346 g/mol. The summed E-state index contributed by atoms with van der Waals surface area (Å²) in [4.78, 5) is 10.8. The fourth-order valence-corrected chi connectivity index (χ4v) is 4.47. The van der Waals surface area contributed by atoms with E-state index in [0.29, 0.717) is 24.4 Å².